The Labute approximate surface area is 170 Å². The van der Waals surface area contributed by atoms with Crippen molar-refractivity contribution in [3.8, 4) is 5.75 Å². The lowest BCUT2D eigenvalue weighted by Gasteiger charge is -2.44. The first-order valence-electron chi connectivity index (χ1n) is 10.3. The summed E-state index contributed by atoms with van der Waals surface area (Å²) < 4.78 is 6.83. The highest BCUT2D eigenvalue weighted by Gasteiger charge is 2.48. The van der Waals surface area contributed by atoms with E-state index in [1.807, 2.05) is 13.8 Å². The summed E-state index contributed by atoms with van der Waals surface area (Å²) in [5.74, 6) is 0.724. The first-order valence-corrected chi connectivity index (χ1v) is 10.3. The van der Waals surface area contributed by atoms with Gasteiger partial charge in [-0.05, 0) is 119 Å². The Balaban J connectivity index is 2.37. The number of ether oxygens (including phenoxy) is 1. The number of Topliss-reactive ketones (excluding diaryl/α,β-unsaturated/α-hetero) is 1. The number of hydrogen-bond donors (Lipinski definition) is 0. The summed E-state index contributed by atoms with van der Waals surface area (Å²) in [4.78, 5) is 13.6. The summed E-state index contributed by atoms with van der Waals surface area (Å²) in [6.07, 6.45) is 0. The van der Waals surface area contributed by atoms with Gasteiger partial charge in [0.25, 0.3) is 0 Å². The maximum Gasteiger partial charge on any atom is 0.174 e. The average molecular weight is 379 g/mol. The van der Waals surface area contributed by atoms with Gasteiger partial charge in [-0.2, -0.15) is 0 Å². The first-order chi connectivity index (χ1) is 12.9. The highest BCUT2D eigenvalue weighted by atomic mass is 16.5. The van der Waals surface area contributed by atoms with E-state index in [0.717, 1.165) is 22.4 Å². The second kappa shape index (κ2) is 6.47. The van der Waals surface area contributed by atoms with Gasteiger partial charge in [0, 0.05) is 5.56 Å². The Hall–Kier alpha value is -2.09. The molecule has 0 aliphatic carbocycles. The lowest BCUT2D eigenvalue weighted by atomic mass is 9.71. The molecule has 0 radical (unpaired) electrons. The van der Waals surface area contributed by atoms with Crippen molar-refractivity contribution in [2.75, 3.05) is 0 Å². The number of hydrogen-bond acceptors (Lipinski definition) is 2. The van der Waals surface area contributed by atoms with Crippen molar-refractivity contribution in [1.82, 2.24) is 0 Å². The van der Waals surface area contributed by atoms with E-state index in [0.29, 0.717) is 0 Å². The molecule has 0 aromatic heterocycles. The largest absolute Gasteiger partial charge is 0.481 e. The summed E-state index contributed by atoms with van der Waals surface area (Å²) in [5, 5.41) is 0. The fraction of sp³-hybridized carbons (Fsp3) is 0.500. The summed E-state index contributed by atoms with van der Waals surface area (Å²) in [6, 6.07) is 0. The zero-order valence-electron chi connectivity index (χ0n) is 19.4. The zero-order valence-corrected chi connectivity index (χ0v) is 19.4. The van der Waals surface area contributed by atoms with E-state index < -0.39 is 5.60 Å². The Kier molecular flexibility index (Phi) is 4.77. The molecule has 3 rings (SSSR count). The SMILES string of the molecule is Cc1c(C)c(C)c(C2(C)Oc3c(C)c(C)c(C)c(C)c3C(=O)C2C)c(C)c1C. The molecule has 2 aromatic carbocycles. The van der Waals surface area contributed by atoms with Crippen LogP contribution in [0.15, 0.2) is 0 Å². The van der Waals surface area contributed by atoms with E-state index in [4.69, 9.17) is 4.74 Å². The fourth-order valence-corrected chi connectivity index (χ4v) is 4.98. The topological polar surface area (TPSA) is 26.3 Å². The van der Waals surface area contributed by atoms with Crippen molar-refractivity contribution >= 4 is 5.78 Å². The second-order valence-electron chi connectivity index (χ2n) is 9.00. The van der Waals surface area contributed by atoms with Gasteiger partial charge in [0.15, 0.2) is 5.78 Å². The average Bonchev–Trinajstić information content (AvgIpc) is 2.65. The van der Waals surface area contributed by atoms with Crippen molar-refractivity contribution in [2.45, 2.75) is 81.8 Å². The Morgan fingerprint density at radius 1 is 0.643 bits per heavy atom. The number of ketones is 1. The number of benzene rings is 2. The minimum atomic E-state index is -0.680. The molecule has 28 heavy (non-hydrogen) atoms. The molecule has 0 N–H and O–H groups in total. The van der Waals surface area contributed by atoms with E-state index in [2.05, 4.69) is 62.3 Å². The van der Waals surface area contributed by atoms with E-state index in [9.17, 15) is 4.79 Å². The second-order valence-corrected chi connectivity index (χ2v) is 9.00. The van der Waals surface area contributed by atoms with Crippen molar-refractivity contribution in [3.05, 3.63) is 61.2 Å². The fourth-order valence-electron chi connectivity index (χ4n) is 4.98. The van der Waals surface area contributed by atoms with Crippen LogP contribution >= 0.6 is 0 Å². The van der Waals surface area contributed by atoms with Crippen LogP contribution in [0.4, 0.5) is 0 Å². The van der Waals surface area contributed by atoms with Crippen LogP contribution < -0.4 is 4.74 Å². The normalized spacial score (nSPS) is 21.5. The van der Waals surface area contributed by atoms with Gasteiger partial charge in [0.05, 0.1) is 11.5 Å². The highest BCUT2D eigenvalue weighted by Crippen LogP contribution is 2.49. The van der Waals surface area contributed by atoms with Gasteiger partial charge >= 0.3 is 0 Å². The molecule has 2 unspecified atom stereocenters. The van der Waals surface area contributed by atoms with E-state index in [1.54, 1.807) is 0 Å². The lowest BCUT2D eigenvalue weighted by molar-refractivity contribution is 0.0149. The molecule has 1 heterocycles. The van der Waals surface area contributed by atoms with Crippen LogP contribution in [0.5, 0.6) is 5.75 Å². The Morgan fingerprint density at radius 3 is 1.54 bits per heavy atom. The molecule has 0 amide bonds. The molecule has 1 aliphatic heterocycles. The maximum absolute atomic E-state index is 13.6. The molecule has 0 fully saturated rings. The van der Waals surface area contributed by atoms with Gasteiger partial charge in [-0.3, -0.25) is 4.79 Å². The van der Waals surface area contributed by atoms with Gasteiger partial charge in [-0.15, -0.1) is 0 Å². The lowest BCUT2D eigenvalue weighted by Crippen LogP contribution is -2.46. The number of rotatable bonds is 1. The van der Waals surface area contributed by atoms with Crippen LogP contribution in [0.25, 0.3) is 0 Å². The van der Waals surface area contributed by atoms with Crippen molar-refractivity contribution in [2.24, 2.45) is 5.92 Å². The summed E-state index contributed by atoms with van der Waals surface area (Å²) in [6.45, 7) is 23.4. The molecule has 2 atom stereocenters. The molecule has 2 aromatic rings. The Bertz CT molecular complexity index is 997. The van der Waals surface area contributed by atoms with Gasteiger partial charge in [0.1, 0.15) is 11.4 Å². The molecule has 0 saturated carbocycles. The standard InChI is InChI=1S/C26H34O2/c1-12-14(3)18(7)23(19(8)15(12)4)26(11)21(10)24(27)22-17(6)13(2)16(5)20(9)25(22)28-26/h21H,1-11H3. The third-order valence-electron chi connectivity index (χ3n) is 7.91. The first kappa shape index (κ1) is 20.6. The monoisotopic (exact) mass is 378 g/mol. The molecule has 150 valence electrons. The van der Waals surface area contributed by atoms with Gasteiger partial charge in [-0.25, -0.2) is 0 Å². The third kappa shape index (κ3) is 2.50. The molecule has 0 bridgehead atoms. The minimum absolute atomic E-state index is 0.196. The van der Waals surface area contributed by atoms with Crippen molar-refractivity contribution in [3.63, 3.8) is 0 Å². The quantitative estimate of drug-likeness (QED) is 0.559. The molecule has 2 heteroatoms. The van der Waals surface area contributed by atoms with Crippen LogP contribution in [0.3, 0.4) is 0 Å². The van der Waals surface area contributed by atoms with Crippen LogP contribution in [0.1, 0.15) is 79.8 Å². The van der Waals surface area contributed by atoms with Gasteiger partial charge < -0.3 is 4.74 Å². The van der Waals surface area contributed by atoms with Gasteiger partial charge in [0.2, 0.25) is 0 Å². The van der Waals surface area contributed by atoms with Gasteiger partial charge in [-0.1, -0.05) is 6.92 Å². The summed E-state index contributed by atoms with van der Waals surface area (Å²) in [7, 11) is 0. The molecular weight excluding hydrogens is 344 g/mol. The summed E-state index contributed by atoms with van der Waals surface area (Å²) >= 11 is 0. The van der Waals surface area contributed by atoms with E-state index in [-0.39, 0.29) is 11.7 Å². The molecule has 2 nitrogen and oxygen atoms in total. The van der Waals surface area contributed by atoms with E-state index in [1.165, 1.54) is 44.5 Å². The third-order valence-corrected chi connectivity index (χ3v) is 7.91. The Morgan fingerprint density at radius 2 is 1.04 bits per heavy atom. The predicted octanol–water partition coefficient (Wildman–Crippen LogP) is 6.59. The van der Waals surface area contributed by atoms with Crippen LogP contribution in [0.2, 0.25) is 0 Å². The number of carbonyl (C=O) groups is 1. The smallest absolute Gasteiger partial charge is 0.174 e. The van der Waals surface area contributed by atoms with Crippen LogP contribution in [-0.4, -0.2) is 5.78 Å². The van der Waals surface area contributed by atoms with Crippen LogP contribution in [0, 0.1) is 68.2 Å². The zero-order chi connectivity index (χ0) is 21.3. The van der Waals surface area contributed by atoms with Crippen molar-refractivity contribution in [1.29, 1.82) is 0 Å². The molecule has 1 aliphatic rings. The minimum Gasteiger partial charge on any atom is -0.481 e. The highest BCUT2D eigenvalue weighted by molar-refractivity contribution is 6.04. The maximum atomic E-state index is 13.6. The molecular formula is C26H34O2. The number of carbonyl (C=O) groups excluding carboxylic acids is 1. The van der Waals surface area contributed by atoms with Crippen LogP contribution in [-0.2, 0) is 5.60 Å². The number of fused-ring (bicyclic) bond motifs is 1. The van der Waals surface area contributed by atoms with Crippen molar-refractivity contribution < 1.29 is 9.53 Å². The van der Waals surface area contributed by atoms with E-state index >= 15 is 0 Å². The molecule has 0 spiro atoms. The molecule has 0 saturated heterocycles. The summed E-state index contributed by atoms with van der Waals surface area (Å²) in [5.41, 5.74) is 12.2. The predicted molar refractivity (Wildman–Crippen MR) is 117 cm³/mol.